The minimum atomic E-state index is -1.61. The summed E-state index contributed by atoms with van der Waals surface area (Å²) in [5, 5.41) is 39.3. The molecule has 0 unspecified atom stereocenters. The van der Waals surface area contributed by atoms with Gasteiger partial charge in [-0.15, -0.1) is 0 Å². The van der Waals surface area contributed by atoms with Crippen LogP contribution >= 0.6 is 0 Å². The lowest BCUT2D eigenvalue weighted by Gasteiger charge is -2.60. The van der Waals surface area contributed by atoms with Gasteiger partial charge in [-0.2, -0.15) is 0 Å². The van der Waals surface area contributed by atoms with E-state index < -0.39 is 47.4 Å². The smallest absolute Gasteiger partial charge is 0.328 e. The molecule has 5 N–H and O–H groups in total. The van der Waals surface area contributed by atoms with E-state index in [1.165, 1.54) is 19.0 Å². The van der Waals surface area contributed by atoms with Crippen LogP contribution in [0.5, 0.6) is 0 Å². The number of Topliss-reactive ketones (excluding diaryl/α,β-unsaturated/α-hetero) is 1. The number of aliphatic hydroxyl groups excluding tert-OH is 2. The van der Waals surface area contributed by atoms with Gasteiger partial charge in [-0.3, -0.25) is 9.59 Å². The Bertz CT molecular complexity index is 1260. The van der Waals surface area contributed by atoms with Crippen molar-refractivity contribution in [1.82, 2.24) is 15.3 Å². The molecule has 4 aliphatic carbocycles. The number of aliphatic hydroxyl groups is 3. The van der Waals surface area contributed by atoms with E-state index >= 15 is 0 Å². The molecule has 1 amide bonds. The van der Waals surface area contributed by atoms with Gasteiger partial charge in [0.2, 0.25) is 0 Å². The second-order valence-corrected chi connectivity index (χ2v) is 12.9. The van der Waals surface area contributed by atoms with Gasteiger partial charge < -0.3 is 35.2 Å². The zero-order valence-corrected chi connectivity index (χ0v) is 24.5. The molecule has 5 rings (SSSR count). The maximum Gasteiger partial charge on any atom is 0.328 e. The van der Waals surface area contributed by atoms with Gasteiger partial charge in [0.1, 0.15) is 18.2 Å². The van der Waals surface area contributed by atoms with Crippen molar-refractivity contribution in [3.63, 3.8) is 0 Å². The average Bonchev–Trinajstić information content (AvgIpc) is 3.57. The van der Waals surface area contributed by atoms with Crippen LogP contribution in [-0.4, -0.2) is 86.7 Å². The summed E-state index contributed by atoms with van der Waals surface area (Å²) >= 11 is 0. The first kappa shape index (κ1) is 30.4. The number of hydrogen-bond acceptors (Lipinski definition) is 10. The molecule has 0 aliphatic heterocycles. The third-order valence-corrected chi connectivity index (χ3v) is 10.8. The van der Waals surface area contributed by atoms with Crippen molar-refractivity contribution in [3.8, 4) is 0 Å². The number of imidazole rings is 1. The Hall–Kier alpha value is -3.09. The number of esters is 1. The fraction of sp³-hybridized carbons (Fsp3) is 0.700. The number of amides is 1. The topological polar surface area (TPSA) is 183 Å². The molecular formula is C30H42N4O8. The fourth-order valence-electron chi connectivity index (χ4n) is 8.73. The molecule has 1 aromatic heterocycles. The SMILES string of the molecule is COC(=O)[C@@H](Cc1cnc[nH]1)NC(=O)CON=C1C=C2CC[C@@H]3[C@H]([C@H](O)C[C@@]4(C)[C@H]3CC[C@]4(O)C(=O)CO)[C@@]2(C)CC1. The minimum Gasteiger partial charge on any atom is -0.467 e. The van der Waals surface area contributed by atoms with E-state index in [4.69, 9.17) is 9.57 Å². The van der Waals surface area contributed by atoms with Crippen LogP contribution in [0.1, 0.15) is 64.5 Å². The summed E-state index contributed by atoms with van der Waals surface area (Å²) in [4.78, 5) is 49.4. The van der Waals surface area contributed by atoms with E-state index in [0.29, 0.717) is 31.4 Å². The Labute approximate surface area is 244 Å². The highest BCUT2D eigenvalue weighted by Gasteiger charge is 2.68. The molecule has 4 aliphatic rings. The third-order valence-electron chi connectivity index (χ3n) is 10.8. The number of oxime groups is 1. The second kappa shape index (κ2) is 11.5. The molecule has 0 aromatic carbocycles. The molecule has 0 saturated heterocycles. The molecule has 3 saturated carbocycles. The first-order valence-electron chi connectivity index (χ1n) is 14.8. The van der Waals surface area contributed by atoms with Gasteiger partial charge in [0.15, 0.2) is 12.4 Å². The lowest BCUT2D eigenvalue weighted by Crippen LogP contribution is -2.62. The van der Waals surface area contributed by atoms with Crippen LogP contribution in [0.2, 0.25) is 0 Å². The van der Waals surface area contributed by atoms with Gasteiger partial charge >= 0.3 is 5.97 Å². The number of aromatic amines is 1. The van der Waals surface area contributed by atoms with Crippen LogP contribution in [0.4, 0.5) is 0 Å². The summed E-state index contributed by atoms with van der Waals surface area (Å²) in [6.07, 6.45) is 8.90. The van der Waals surface area contributed by atoms with Crippen LogP contribution in [0.15, 0.2) is 29.3 Å². The van der Waals surface area contributed by atoms with Gasteiger partial charge in [0, 0.05) is 23.7 Å². The third kappa shape index (κ3) is 5.07. The van der Waals surface area contributed by atoms with Crippen LogP contribution in [0, 0.1) is 28.6 Å². The number of nitrogens with one attached hydrogen (secondary N) is 2. The summed E-state index contributed by atoms with van der Waals surface area (Å²) in [5.41, 5.74) is -0.0624. The van der Waals surface area contributed by atoms with Gasteiger partial charge in [-0.1, -0.05) is 24.6 Å². The quantitative estimate of drug-likeness (QED) is 0.210. The van der Waals surface area contributed by atoms with Crippen molar-refractivity contribution >= 4 is 23.4 Å². The van der Waals surface area contributed by atoms with E-state index in [1.54, 1.807) is 6.20 Å². The average molecular weight is 587 g/mol. The molecule has 0 spiro atoms. The predicted octanol–water partition coefficient (Wildman–Crippen LogP) is 1.21. The number of fused-ring (bicyclic) bond motifs is 5. The van der Waals surface area contributed by atoms with Crippen molar-refractivity contribution in [1.29, 1.82) is 0 Å². The Morgan fingerprint density at radius 2 is 2.02 bits per heavy atom. The van der Waals surface area contributed by atoms with Crippen molar-refractivity contribution in [2.24, 2.45) is 33.7 Å². The Balaban J connectivity index is 1.24. The minimum absolute atomic E-state index is 0.0134. The van der Waals surface area contributed by atoms with E-state index in [9.17, 15) is 29.7 Å². The van der Waals surface area contributed by atoms with E-state index in [-0.39, 0.29) is 36.2 Å². The molecule has 1 aromatic rings. The number of ether oxygens (including phenoxy) is 1. The highest BCUT2D eigenvalue weighted by molar-refractivity contribution is 5.96. The van der Waals surface area contributed by atoms with Gasteiger partial charge in [-0.25, -0.2) is 9.78 Å². The number of rotatable bonds is 9. The Morgan fingerprint density at radius 1 is 1.24 bits per heavy atom. The first-order chi connectivity index (χ1) is 20.0. The van der Waals surface area contributed by atoms with Gasteiger partial charge in [-0.05, 0) is 74.2 Å². The lowest BCUT2D eigenvalue weighted by molar-refractivity contribution is -0.181. The molecule has 8 atom stereocenters. The number of carbonyl (C=O) groups excluding carboxylic acids is 3. The maximum atomic E-state index is 12.6. The number of aromatic nitrogens is 2. The predicted molar refractivity (Wildman–Crippen MR) is 150 cm³/mol. The highest BCUT2D eigenvalue weighted by Crippen LogP contribution is 2.67. The molecule has 12 nitrogen and oxygen atoms in total. The molecule has 12 heteroatoms. The van der Waals surface area contributed by atoms with E-state index in [2.05, 4.69) is 27.4 Å². The van der Waals surface area contributed by atoms with Crippen LogP contribution in [0.3, 0.4) is 0 Å². The van der Waals surface area contributed by atoms with Crippen LogP contribution in [0.25, 0.3) is 0 Å². The summed E-state index contributed by atoms with van der Waals surface area (Å²) < 4.78 is 4.80. The van der Waals surface area contributed by atoms with Crippen LogP contribution in [-0.2, 0) is 30.4 Å². The summed E-state index contributed by atoms with van der Waals surface area (Å²) in [5.74, 6) is -1.41. The lowest BCUT2D eigenvalue weighted by atomic mass is 9.45. The summed E-state index contributed by atoms with van der Waals surface area (Å²) in [6.45, 7) is 3.05. The second-order valence-electron chi connectivity index (χ2n) is 12.9. The number of allylic oxidation sites excluding steroid dienone is 2. The standard InChI is InChI=1S/C30H42N4O8/c1-28-8-6-18(34-42-15-25(38)33-22(27(39)41-3)11-19-13-31-16-32-19)10-17(28)4-5-20-21-7-9-30(40,24(37)14-35)29(21,2)12-23(36)26(20)28/h10,13,16,20-23,26,35-36,40H,4-9,11-12,14-15H2,1-3H3,(H,31,32)(H,33,38)/t20-,21-,22+,23+,26+,28-,29-,30-/m0/s1. The molecular weight excluding hydrogens is 544 g/mol. The number of carbonyl (C=O) groups is 3. The normalized spacial score (nSPS) is 37.1. The van der Waals surface area contributed by atoms with Gasteiger partial charge in [0.25, 0.3) is 5.91 Å². The van der Waals surface area contributed by atoms with Crippen molar-refractivity contribution < 1.29 is 39.3 Å². The molecule has 42 heavy (non-hydrogen) atoms. The first-order valence-corrected chi connectivity index (χ1v) is 14.8. The Kier molecular flexibility index (Phi) is 8.34. The summed E-state index contributed by atoms with van der Waals surface area (Å²) in [7, 11) is 1.26. The maximum absolute atomic E-state index is 12.6. The molecule has 0 radical (unpaired) electrons. The zero-order chi connectivity index (χ0) is 30.3. The van der Waals surface area contributed by atoms with Gasteiger partial charge in [0.05, 0.1) is 25.3 Å². The molecule has 0 bridgehead atoms. The van der Waals surface area contributed by atoms with E-state index in [0.717, 1.165) is 25.0 Å². The van der Waals surface area contributed by atoms with Crippen molar-refractivity contribution in [2.75, 3.05) is 20.3 Å². The largest absolute Gasteiger partial charge is 0.467 e. The van der Waals surface area contributed by atoms with Crippen molar-refractivity contribution in [3.05, 3.63) is 29.9 Å². The van der Waals surface area contributed by atoms with E-state index in [1.807, 2.05) is 13.0 Å². The number of hydrogen-bond donors (Lipinski definition) is 5. The molecule has 3 fully saturated rings. The zero-order valence-electron chi connectivity index (χ0n) is 24.5. The number of methoxy groups -OCH3 is 1. The monoisotopic (exact) mass is 586 g/mol. The van der Waals surface area contributed by atoms with Crippen LogP contribution < -0.4 is 5.32 Å². The highest BCUT2D eigenvalue weighted by atomic mass is 16.6. The number of ketones is 1. The van der Waals surface area contributed by atoms with Crippen molar-refractivity contribution in [2.45, 2.75) is 83.0 Å². The Morgan fingerprint density at radius 3 is 2.71 bits per heavy atom. The molecule has 1 heterocycles. The summed E-state index contributed by atoms with van der Waals surface area (Å²) in [6, 6.07) is -0.895. The number of H-pyrrole nitrogens is 1. The fourth-order valence-corrected chi connectivity index (χ4v) is 8.73. The number of nitrogens with zero attached hydrogens (tertiary/aromatic N) is 2. The molecule has 230 valence electrons.